The fraction of sp³-hybridized carbons (Fsp3) is 0.0870. The third-order valence-electron chi connectivity index (χ3n) is 4.52. The molecule has 1 heterocycles. The van der Waals surface area contributed by atoms with E-state index in [0.717, 1.165) is 39.0 Å². The molecule has 3 aromatic carbocycles. The molecule has 0 bridgehead atoms. The molecule has 1 aromatic heterocycles. The number of aromatic nitrogens is 1. The number of urea groups is 1. The lowest BCUT2D eigenvalue weighted by Gasteiger charge is -2.09. The Hall–Kier alpha value is -3.60. The first-order valence-corrected chi connectivity index (χ1v) is 9.01. The summed E-state index contributed by atoms with van der Waals surface area (Å²) in [5.41, 5.74) is 6.37. The quantitative estimate of drug-likeness (QED) is 0.391. The van der Waals surface area contributed by atoms with Crippen LogP contribution in [0, 0.1) is 19.7 Å². The summed E-state index contributed by atoms with van der Waals surface area (Å²) in [5, 5.41) is 6.51. The van der Waals surface area contributed by atoms with Crippen LogP contribution >= 0.6 is 0 Å². The van der Waals surface area contributed by atoms with Crippen LogP contribution in [-0.4, -0.2) is 11.0 Å². The predicted octanol–water partition coefficient (Wildman–Crippen LogP) is 6.23. The van der Waals surface area contributed by atoms with Gasteiger partial charge in [-0.25, -0.2) is 9.18 Å². The van der Waals surface area contributed by atoms with E-state index in [9.17, 15) is 9.18 Å². The first kappa shape index (κ1) is 17.8. The van der Waals surface area contributed by atoms with Gasteiger partial charge in [0.25, 0.3) is 0 Å². The summed E-state index contributed by atoms with van der Waals surface area (Å²) in [5.74, 6) is -0.257. The molecule has 0 atom stereocenters. The molecule has 2 amide bonds. The van der Waals surface area contributed by atoms with Crippen molar-refractivity contribution in [3.8, 4) is 11.3 Å². The van der Waals surface area contributed by atoms with Gasteiger partial charge in [0.05, 0.1) is 0 Å². The van der Waals surface area contributed by atoms with Crippen LogP contribution in [0.4, 0.5) is 20.6 Å². The summed E-state index contributed by atoms with van der Waals surface area (Å²) in [6.45, 7) is 3.99. The highest BCUT2D eigenvalue weighted by Gasteiger charge is 2.07. The Bertz CT molecular complexity index is 1140. The zero-order valence-corrected chi connectivity index (χ0v) is 15.6. The number of fused-ring (bicyclic) bond motifs is 1. The van der Waals surface area contributed by atoms with Gasteiger partial charge in [-0.15, -0.1) is 0 Å². The van der Waals surface area contributed by atoms with Gasteiger partial charge in [-0.1, -0.05) is 18.2 Å². The maximum absolute atomic E-state index is 13.4. The molecule has 0 saturated heterocycles. The number of hydrogen-bond donors (Lipinski definition) is 3. The molecule has 0 aliphatic carbocycles. The van der Waals surface area contributed by atoms with Crippen molar-refractivity contribution in [1.82, 2.24) is 4.98 Å². The highest BCUT2D eigenvalue weighted by Crippen LogP contribution is 2.26. The van der Waals surface area contributed by atoms with Crippen LogP contribution in [0.3, 0.4) is 0 Å². The van der Waals surface area contributed by atoms with Crippen LogP contribution < -0.4 is 10.6 Å². The number of aromatic amines is 1. The van der Waals surface area contributed by atoms with Gasteiger partial charge in [0.15, 0.2) is 0 Å². The van der Waals surface area contributed by atoms with Crippen molar-refractivity contribution in [2.75, 3.05) is 10.6 Å². The summed E-state index contributed by atoms with van der Waals surface area (Å²) in [6, 6.07) is 19.7. The largest absolute Gasteiger partial charge is 0.355 e. The molecule has 5 heteroatoms. The molecule has 0 spiro atoms. The molecule has 140 valence electrons. The molecule has 0 fully saturated rings. The zero-order valence-electron chi connectivity index (χ0n) is 15.6. The molecule has 28 heavy (non-hydrogen) atoms. The Labute approximate surface area is 162 Å². The Morgan fingerprint density at radius 1 is 0.821 bits per heavy atom. The van der Waals surface area contributed by atoms with E-state index in [4.69, 9.17) is 0 Å². The second kappa shape index (κ2) is 7.19. The van der Waals surface area contributed by atoms with Crippen LogP contribution in [-0.2, 0) is 0 Å². The molecule has 4 aromatic rings. The average Bonchev–Trinajstić information content (AvgIpc) is 3.04. The van der Waals surface area contributed by atoms with Crippen molar-refractivity contribution in [1.29, 1.82) is 0 Å². The van der Waals surface area contributed by atoms with Gasteiger partial charge in [-0.3, -0.25) is 0 Å². The number of H-pyrrole nitrogens is 1. The van der Waals surface area contributed by atoms with Crippen LogP contribution in [0.25, 0.3) is 22.2 Å². The summed E-state index contributed by atoms with van der Waals surface area (Å²) < 4.78 is 13.4. The molecule has 0 radical (unpaired) electrons. The SMILES string of the molecule is Cc1cc(C)cc(NC(=O)Nc2ccc(-c3cc4cc(F)ccc4[nH]3)cc2)c1. The van der Waals surface area contributed by atoms with Crippen molar-refractivity contribution < 1.29 is 9.18 Å². The average molecular weight is 373 g/mol. The third kappa shape index (κ3) is 3.88. The van der Waals surface area contributed by atoms with Gasteiger partial charge >= 0.3 is 6.03 Å². The summed E-state index contributed by atoms with van der Waals surface area (Å²) >= 11 is 0. The molecule has 0 saturated carbocycles. The van der Waals surface area contributed by atoms with Gasteiger partial charge in [-0.05, 0) is 79.1 Å². The molecular weight excluding hydrogens is 353 g/mol. The Balaban J connectivity index is 1.47. The zero-order chi connectivity index (χ0) is 19.7. The Morgan fingerprint density at radius 2 is 1.50 bits per heavy atom. The number of halogens is 1. The molecular formula is C23H20FN3O. The summed E-state index contributed by atoms with van der Waals surface area (Å²) in [7, 11) is 0. The van der Waals surface area contributed by atoms with Gasteiger partial charge < -0.3 is 15.6 Å². The summed E-state index contributed by atoms with van der Waals surface area (Å²) in [4.78, 5) is 15.5. The van der Waals surface area contributed by atoms with E-state index in [1.807, 2.05) is 56.3 Å². The summed E-state index contributed by atoms with van der Waals surface area (Å²) in [6.07, 6.45) is 0. The van der Waals surface area contributed by atoms with Crippen molar-refractivity contribution in [2.24, 2.45) is 0 Å². The molecule has 0 aliphatic heterocycles. The molecule has 3 N–H and O–H groups in total. The fourth-order valence-corrected chi connectivity index (χ4v) is 3.33. The monoisotopic (exact) mass is 373 g/mol. The second-order valence-corrected chi connectivity index (χ2v) is 6.95. The molecule has 4 nitrogen and oxygen atoms in total. The van der Waals surface area contributed by atoms with Crippen LogP contribution in [0.5, 0.6) is 0 Å². The number of carbonyl (C=O) groups is 1. The number of anilines is 2. The van der Waals surface area contributed by atoms with Crippen molar-refractivity contribution in [2.45, 2.75) is 13.8 Å². The van der Waals surface area contributed by atoms with Gasteiger partial charge in [0.2, 0.25) is 0 Å². The Morgan fingerprint density at radius 3 is 2.21 bits per heavy atom. The van der Waals surface area contributed by atoms with E-state index in [1.165, 1.54) is 12.1 Å². The Kier molecular flexibility index (Phi) is 4.57. The van der Waals surface area contributed by atoms with E-state index < -0.39 is 0 Å². The number of aryl methyl sites for hydroxylation is 2. The van der Waals surface area contributed by atoms with Crippen LogP contribution in [0.2, 0.25) is 0 Å². The number of benzene rings is 3. The lowest BCUT2D eigenvalue weighted by atomic mass is 10.1. The van der Waals surface area contributed by atoms with Gasteiger partial charge in [0, 0.05) is 28.0 Å². The fourth-order valence-electron chi connectivity index (χ4n) is 3.33. The first-order chi connectivity index (χ1) is 13.5. The minimum Gasteiger partial charge on any atom is -0.355 e. The predicted molar refractivity (Wildman–Crippen MR) is 112 cm³/mol. The number of nitrogens with one attached hydrogen (secondary N) is 3. The van der Waals surface area contributed by atoms with E-state index in [-0.39, 0.29) is 11.8 Å². The highest BCUT2D eigenvalue weighted by atomic mass is 19.1. The lowest BCUT2D eigenvalue weighted by molar-refractivity contribution is 0.262. The van der Waals surface area contributed by atoms with Gasteiger partial charge in [-0.2, -0.15) is 0 Å². The van der Waals surface area contributed by atoms with Crippen molar-refractivity contribution >= 4 is 28.3 Å². The maximum Gasteiger partial charge on any atom is 0.323 e. The molecule has 4 rings (SSSR count). The molecule has 0 unspecified atom stereocenters. The van der Waals surface area contributed by atoms with Crippen molar-refractivity contribution in [3.63, 3.8) is 0 Å². The van der Waals surface area contributed by atoms with E-state index in [1.54, 1.807) is 6.07 Å². The number of amides is 2. The minimum absolute atomic E-state index is 0.257. The lowest BCUT2D eigenvalue weighted by Crippen LogP contribution is -2.19. The van der Waals surface area contributed by atoms with Crippen molar-refractivity contribution in [3.05, 3.63) is 83.7 Å². The second-order valence-electron chi connectivity index (χ2n) is 6.95. The van der Waals surface area contributed by atoms with Crippen LogP contribution in [0.1, 0.15) is 11.1 Å². The van der Waals surface area contributed by atoms with E-state index in [0.29, 0.717) is 5.69 Å². The third-order valence-corrected chi connectivity index (χ3v) is 4.52. The number of hydrogen-bond acceptors (Lipinski definition) is 1. The van der Waals surface area contributed by atoms with E-state index >= 15 is 0 Å². The highest BCUT2D eigenvalue weighted by molar-refractivity contribution is 6.00. The van der Waals surface area contributed by atoms with Crippen LogP contribution in [0.15, 0.2) is 66.7 Å². The first-order valence-electron chi connectivity index (χ1n) is 9.01. The smallest absolute Gasteiger partial charge is 0.323 e. The van der Waals surface area contributed by atoms with E-state index in [2.05, 4.69) is 21.7 Å². The number of carbonyl (C=O) groups excluding carboxylic acids is 1. The standard InChI is InChI=1S/C23H20FN3O/c1-14-9-15(2)11-20(10-14)26-23(28)25-19-6-3-16(4-7-19)22-13-17-12-18(24)5-8-21(17)27-22/h3-13,27H,1-2H3,(H2,25,26,28). The minimum atomic E-state index is -0.293. The number of rotatable bonds is 3. The van der Waals surface area contributed by atoms with Gasteiger partial charge in [0.1, 0.15) is 5.82 Å². The topological polar surface area (TPSA) is 56.9 Å². The maximum atomic E-state index is 13.4. The molecule has 0 aliphatic rings. The normalized spacial score (nSPS) is 10.8.